The molecule has 0 bridgehead atoms. The number of halogens is 3. The number of benzodiazepines with no additional fused rings is 1. The number of carbonyl (C=O) groups excluding carboxylic acids is 2. The summed E-state index contributed by atoms with van der Waals surface area (Å²) in [6.07, 6.45) is -5.92. The molecule has 0 aliphatic carbocycles. The van der Waals surface area contributed by atoms with Gasteiger partial charge in [0.05, 0.1) is 29.6 Å². The van der Waals surface area contributed by atoms with Crippen LogP contribution in [0.25, 0.3) is 0 Å². The molecular weight excluding hydrogens is 435 g/mol. The van der Waals surface area contributed by atoms with E-state index in [4.69, 9.17) is 4.74 Å². The highest BCUT2D eigenvalue weighted by Gasteiger charge is 2.33. The largest absolute Gasteiger partial charge is 0.496 e. The molecule has 0 spiro atoms. The maximum absolute atomic E-state index is 13.0. The summed E-state index contributed by atoms with van der Waals surface area (Å²) in [5.41, 5.74) is 1.29. The van der Waals surface area contributed by atoms with Gasteiger partial charge in [0, 0.05) is 11.1 Å². The smallest absolute Gasteiger partial charge is 0.416 e. The Morgan fingerprint density at radius 1 is 1.03 bits per heavy atom. The summed E-state index contributed by atoms with van der Waals surface area (Å²) in [5, 5.41) is 5.23. The van der Waals surface area contributed by atoms with Gasteiger partial charge in [-0.05, 0) is 24.3 Å². The van der Waals surface area contributed by atoms with Crippen molar-refractivity contribution < 1.29 is 27.5 Å². The third-order valence-corrected chi connectivity index (χ3v) is 5.04. The van der Waals surface area contributed by atoms with Crippen molar-refractivity contribution in [2.75, 3.05) is 12.4 Å². The molecule has 3 aromatic rings. The first kappa shape index (κ1) is 22.1. The van der Waals surface area contributed by atoms with E-state index in [0.717, 1.165) is 30.9 Å². The zero-order valence-corrected chi connectivity index (χ0v) is 17.3. The monoisotopic (exact) mass is 453 g/mol. The van der Waals surface area contributed by atoms with Gasteiger partial charge in [-0.15, -0.1) is 0 Å². The van der Waals surface area contributed by atoms with E-state index in [0.29, 0.717) is 17.0 Å². The lowest BCUT2D eigenvalue weighted by Crippen LogP contribution is -2.42. The molecule has 0 aromatic heterocycles. The standard InChI is InChI=1S/C24H18F3N3O3/c1-33-19-13-15(24(25,26)27)11-12-17(19)22(31)30-21-23(32)28-18-10-6-5-9-16(18)20(29-21)14-7-3-2-4-8-14/h2-13,21H,1H3,(H,28,32)(H,30,31). The van der Waals surface area contributed by atoms with E-state index in [9.17, 15) is 22.8 Å². The Morgan fingerprint density at radius 2 is 1.73 bits per heavy atom. The minimum absolute atomic E-state index is 0.156. The molecule has 0 fully saturated rings. The number of fused-ring (bicyclic) bond motifs is 1. The molecule has 0 radical (unpaired) electrons. The fraction of sp³-hybridized carbons (Fsp3) is 0.125. The maximum Gasteiger partial charge on any atom is 0.416 e. The molecule has 4 rings (SSSR count). The number of methoxy groups -OCH3 is 1. The van der Waals surface area contributed by atoms with Gasteiger partial charge in [-0.1, -0.05) is 48.5 Å². The van der Waals surface area contributed by atoms with Crippen LogP contribution in [0.4, 0.5) is 18.9 Å². The van der Waals surface area contributed by atoms with Crippen molar-refractivity contribution in [1.29, 1.82) is 0 Å². The highest BCUT2D eigenvalue weighted by atomic mass is 19.4. The number of benzene rings is 3. The minimum atomic E-state index is -4.59. The molecule has 1 unspecified atom stereocenters. The third kappa shape index (κ3) is 4.57. The van der Waals surface area contributed by atoms with E-state index in [2.05, 4.69) is 15.6 Å². The van der Waals surface area contributed by atoms with Gasteiger partial charge in [0.2, 0.25) is 6.17 Å². The molecule has 2 N–H and O–H groups in total. The number of nitrogens with zero attached hydrogens (tertiary/aromatic N) is 1. The predicted molar refractivity (Wildman–Crippen MR) is 116 cm³/mol. The van der Waals surface area contributed by atoms with Crippen LogP contribution < -0.4 is 15.4 Å². The van der Waals surface area contributed by atoms with E-state index >= 15 is 0 Å². The Bertz CT molecular complexity index is 1240. The van der Waals surface area contributed by atoms with Crippen LogP contribution in [0, 0.1) is 0 Å². The van der Waals surface area contributed by atoms with Crippen molar-refractivity contribution in [3.63, 3.8) is 0 Å². The van der Waals surface area contributed by atoms with E-state index < -0.39 is 29.7 Å². The molecule has 2 amide bonds. The number of amides is 2. The van der Waals surface area contributed by atoms with Crippen molar-refractivity contribution in [1.82, 2.24) is 5.32 Å². The van der Waals surface area contributed by atoms with Crippen LogP contribution in [0.3, 0.4) is 0 Å². The number of para-hydroxylation sites is 1. The summed E-state index contributed by atoms with van der Waals surface area (Å²) >= 11 is 0. The molecule has 33 heavy (non-hydrogen) atoms. The van der Waals surface area contributed by atoms with Crippen molar-refractivity contribution in [2.24, 2.45) is 4.99 Å². The highest BCUT2D eigenvalue weighted by molar-refractivity contribution is 6.20. The molecule has 3 aromatic carbocycles. The summed E-state index contributed by atoms with van der Waals surface area (Å²) in [6, 6.07) is 18.7. The summed E-state index contributed by atoms with van der Waals surface area (Å²) in [7, 11) is 1.16. The third-order valence-electron chi connectivity index (χ3n) is 5.04. The van der Waals surface area contributed by atoms with Crippen molar-refractivity contribution in [3.05, 3.63) is 95.1 Å². The first-order chi connectivity index (χ1) is 15.8. The van der Waals surface area contributed by atoms with Crippen LogP contribution in [0.5, 0.6) is 5.75 Å². The molecule has 168 valence electrons. The number of ether oxygens (including phenoxy) is 1. The van der Waals surface area contributed by atoms with E-state index in [1.165, 1.54) is 0 Å². The number of alkyl halides is 3. The minimum Gasteiger partial charge on any atom is -0.496 e. The lowest BCUT2D eigenvalue weighted by molar-refractivity contribution is -0.137. The lowest BCUT2D eigenvalue weighted by Gasteiger charge is -2.16. The van der Waals surface area contributed by atoms with Gasteiger partial charge in [0.15, 0.2) is 0 Å². The highest BCUT2D eigenvalue weighted by Crippen LogP contribution is 2.33. The molecule has 1 atom stereocenters. The van der Waals surface area contributed by atoms with Gasteiger partial charge < -0.3 is 15.4 Å². The number of carbonyl (C=O) groups is 2. The topological polar surface area (TPSA) is 79.8 Å². The van der Waals surface area contributed by atoms with Gasteiger partial charge in [0.25, 0.3) is 11.8 Å². The second-order valence-corrected chi connectivity index (χ2v) is 7.17. The zero-order valence-electron chi connectivity index (χ0n) is 17.3. The van der Waals surface area contributed by atoms with E-state index in [1.54, 1.807) is 24.3 Å². The quantitative estimate of drug-likeness (QED) is 0.620. The van der Waals surface area contributed by atoms with Crippen LogP contribution in [0.15, 0.2) is 77.8 Å². The molecule has 1 aliphatic rings. The fourth-order valence-electron chi connectivity index (χ4n) is 3.44. The molecule has 1 aliphatic heterocycles. The Hall–Kier alpha value is -4.14. The number of nitrogens with one attached hydrogen (secondary N) is 2. The number of hydrogen-bond donors (Lipinski definition) is 2. The molecular formula is C24H18F3N3O3. The number of anilines is 1. The van der Waals surface area contributed by atoms with Crippen molar-refractivity contribution in [3.8, 4) is 5.75 Å². The number of aliphatic imine (C=N–C) groups is 1. The first-order valence-corrected chi connectivity index (χ1v) is 9.87. The number of hydrogen-bond acceptors (Lipinski definition) is 4. The Labute approximate surface area is 187 Å². The van der Waals surface area contributed by atoms with Crippen molar-refractivity contribution >= 4 is 23.2 Å². The van der Waals surface area contributed by atoms with Gasteiger partial charge in [-0.3, -0.25) is 9.59 Å². The summed E-state index contributed by atoms with van der Waals surface area (Å²) in [4.78, 5) is 30.3. The van der Waals surface area contributed by atoms with Crippen LogP contribution in [0.1, 0.15) is 27.0 Å². The molecule has 6 nitrogen and oxygen atoms in total. The van der Waals surface area contributed by atoms with E-state index in [1.807, 2.05) is 30.3 Å². The maximum atomic E-state index is 13.0. The number of rotatable bonds is 4. The normalized spacial score (nSPS) is 15.6. The van der Waals surface area contributed by atoms with Crippen LogP contribution in [-0.2, 0) is 11.0 Å². The second-order valence-electron chi connectivity index (χ2n) is 7.17. The first-order valence-electron chi connectivity index (χ1n) is 9.87. The summed E-state index contributed by atoms with van der Waals surface area (Å²) < 4.78 is 44.0. The molecule has 0 saturated heterocycles. The van der Waals surface area contributed by atoms with Crippen LogP contribution in [-0.4, -0.2) is 30.8 Å². The molecule has 0 saturated carbocycles. The average Bonchev–Trinajstić information content (AvgIpc) is 2.95. The summed E-state index contributed by atoms with van der Waals surface area (Å²) in [6.45, 7) is 0. The van der Waals surface area contributed by atoms with Gasteiger partial charge in [0.1, 0.15) is 5.75 Å². The summed E-state index contributed by atoms with van der Waals surface area (Å²) in [5.74, 6) is -1.66. The van der Waals surface area contributed by atoms with E-state index in [-0.39, 0.29) is 11.3 Å². The van der Waals surface area contributed by atoms with Gasteiger partial charge in [-0.25, -0.2) is 4.99 Å². The lowest BCUT2D eigenvalue weighted by atomic mass is 10.0. The SMILES string of the molecule is COc1cc(C(F)(F)F)ccc1C(=O)NC1N=C(c2ccccc2)c2ccccc2NC1=O. The zero-order chi connectivity index (χ0) is 23.6. The average molecular weight is 453 g/mol. The Kier molecular flexibility index (Phi) is 5.87. The Morgan fingerprint density at radius 3 is 2.42 bits per heavy atom. The van der Waals surface area contributed by atoms with Gasteiger partial charge >= 0.3 is 6.18 Å². The predicted octanol–water partition coefficient (Wildman–Crippen LogP) is 4.26. The fourth-order valence-corrected chi connectivity index (χ4v) is 3.44. The van der Waals surface area contributed by atoms with Crippen LogP contribution in [0.2, 0.25) is 0 Å². The van der Waals surface area contributed by atoms with Crippen LogP contribution >= 0.6 is 0 Å². The van der Waals surface area contributed by atoms with Crippen molar-refractivity contribution in [2.45, 2.75) is 12.3 Å². The molecule has 1 heterocycles. The second kappa shape index (κ2) is 8.78. The Balaban J connectivity index is 1.71. The molecule has 9 heteroatoms. The van der Waals surface area contributed by atoms with Gasteiger partial charge in [-0.2, -0.15) is 13.2 Å².